The Morgan fingerprint density at radius 1 is 1.52 bits per heavy atom. The zero-order valence-electron chi connectivity index (χ0n) is 12.3. The van der Waals surface area contributed by atoms with Crippen LogP contribution < -0.4 is 5.32 Å². The Balaban J connectivity index is 2.03. The molecule has 1 aliphatic carbocycles. The molecule has 1 fully saturated rings. The molecule has 21 heavy (non-hydrogen) atoms. The third-order valence-corrected chi connectivity index (χ3v) is 3.81. The number of nitrogens with one attached hydrogen (secondary N) is 1. The summed E-state index contributed by atoms with van der Waals surface area (Å²) in [5.74, 6) is -0.367. The number of carboxylic acid groups (broad SMARTS) is 1. The SMILES string of the molecule is CC(NC(=O)N(CC(=O)O)C1CCCC1)c1nncn1C. The standard InChI is InChI=1S/C13H21N5O3/c1-9(12-16-14-8-17(12)2)15-13(21)18(7-11(19)20)10-5-3-4-6-10/h8-10H,3-7H2,1-2H3,(H,15,21)(H,19,20). The van der Waals surface area contributed by atoms with Crippen LogP contribution in [0.3, 0.4) is 0 Å². The molecule has 1 saturated carbocycles. The van der Waals surface area contributed by atoms with E-state index >= 15 is 0 Å². The van der Waals surface area contributed by atoms with E-state index in [-0.39, 0.29) is 24.7 Å². The third kappa shape index (κ3) is 3.71. The summed E-state index contributed by atoms with van der Waals surface area (Å²) in [5, 5.41) is 19.5. The number of nitrogens with zero attached hydrogens (tertiary/aromatic N) is 4. The summed E-state index contributed by atoms with van der Waals surface area (Å²) in [4.78, 5) is 24.8. The van der Waals surface area contributed by atoms with Crippen molar-refractivity contribution in [1.29, 1.82) is 0 Å². The van der Waals surface area contributed by atoms with Crippen molar-refractivity contribution in [3.63, 3.8) is 0 Å². The van der Waals surface area contributed by atoms with Gasteiger partial charge in [-0.2, -0.15) is 0 Å². The highest BCUT2D eigenvalue weighted by Crippen LogP contribution is 2.23. The molecule has 2 amide bonds. The molecule has 0 spiro atoms. The minimum absolute atomic E-state index is 0.00722. The first-order chi connectivity index (χ1) is 9.99. The number of rotatable bonds is 5. The summed E-state index contributed by atoms with van der Waals surface area (Å²) in [6.45, 7) is 1.53. The van der Waals surface area contributed by atoms with E-state index in [4.69, 9.17) is 5.11 Å². The predicted octanol–water partition coefficient (Wildman–Crippen LogP) is 0.915. The van der Waals surface area contributed by atoms with Gasteiger partial charge < -0.3 is 19.9 Å². The van der Waals surface area contributed by atoms with Gasteiger partial charge in [-0.25, -0.2) is 4.79 Å². The molecule has 8 heteroatoms. The van der Waals surface area contributed by atoms with Crippen molar-refractivity contribution >= 4 is 12.0 Å². The van der Waals surface area contributed by atoms with Crippen LogP contribution in [-0.4, -0.2) is 49.4 Å². The van der Waals surface area contributed by atoms with E-state index in [1.54, 1.807) is 24.9 Å². The molecule has 1 atom stereocenters. The summed E-state index contributed by atoms with van der Waals surface area (Å²) in [7, 11) is 1.80. The third-order valence-electron chi connectivity index (χ3n) is 3.81. The number of aryl methyl sites for hydroxylation is 1. The normalized spacial score (nSPS) is 16.7. The van der Waals surface area contributed by atoms with Gasteiger partial charge in [0.05, 0.1) is 6.04 Å². The van der Waals surface area contributed by atoms with Crippen molar-refractivity contribution in [3.8, 4) is 0 Å². The second-order valence-corrected chi connectivity index (χ2v) is 5.43. The number of amides is 2. The molecule has 0 bridgehead atoms. The van der Waals surface area contributed by atoms with E-state index in [2.05, 4.69) is 15.5 Å². The Hall–Kier alpha value is -2.12. The number of carboxylic acids is 1. The number of carbonyl (C=O) groups excluding carboxylic acids is 1. The van der Waals surface area contributed by atoms with E-state index in [1.807, 2.05) is 0 Å². The van der Waals surface area contributed by atoms with Crippen molar-refractivity contribution in [3.05, 3.63) is 12.2 Å². The van der Waals surface area contributed by atoms with E-state index in [0.717, 1.165) is 25.7 Å². The molecule has 2 rings (SSSR count). The van der Waals surface area contributed by atoms with Crippen molar-refractivity contribution < 1.29 is 14.7 Å². The van der Waals surface area contributed by atoms with Crippen molar-refractivity contribution in [2.45, 2.75) is 44.7 Å². The number of aromatic nitrogens is 3. The van der Waals surface area contributed by atoms with Gasteiger partial charge in [0.15, 0.2) is 5.82 Å². The lowest BCUT2D eigenvalue weighted by Crippen LogP contribution is -2.48. The molecule has 0 aliphatic heterocycles. The minimum Gasteiger partial charge on any atom is -0.480 e. The second-order valence-electron chi connectivity index (χ2n) is 5.43. The summed E-state index contributed by atoms with van der Waals surface area (Å²) >= 11 is 0. The quantitative estimate of drug-likeness (QED) is 0.841. The number of hydrogen-bond acceptors (Lipinski definition) is 4. The van der Waals surface area contributed by atoms with Crippen molar-refractivity contribution in [2.75, 3.05) is 6.54 Å². The van der Waals surface area contributed by atoms with Crippen LogP contribution in [0.4, 0.5) is 4.79 Å². The van der Waals surface area contributed by atoms with Gasteiger partial charge in [-0.3, -0.25) is 4.79 Å². The molecule has 1 heterocycles. The topological polar surface area (TPSA) is 100 Å². The van der Waals surface area contributed by atoms with Crippen LogP contribution >= 0.6 is 0 Å². The first-order valence-corrected chi connectivity index (χ1v) is 7.12. The zero-order valence-corrected chi connectivity index (χ0v) is 12.3. The van der Waals surface area contributed by atoms with Gasteiger partial charge in [-0.15, -0.1) is 10.2 Å². The maximum absolute atomic E-state index is 12.4. The van der Waals surface area contributed by atoms with Gasteiger partial charge >= 0.3 is 12.0 Å². The van der Waals surface area contributed by atoms with Gasteiger partial charge in [0.25, 0.3) is 0 Å². The van der Waals surface area contributed by atoms with Gasteiger partial charge in [0.1, 0.15) is 12.9 Å². The number of urea groups is 1. The largest absolute Gasteiger partial charge is 0.480 e. The van der Waals surface area contributed by atoms with E-state index in [0.29, 0.717) is 5.82 Å². The smallest absolute Gasteiger partial charge is 0.323 e. The number of aliphatic carboxylic acids is 1. The molecule has 1 aliphatic rings. The Labute approximate surface area is 123 Å². The molecule has 1 aromatic rings. The van der Waals surface area contributed by atoms with Gasteiger partial charge in [0.2, 0.25) is 0 Å². The molecule has 1 unspecified atom stereocenters. The first-order valence-electron chi connectivity index (χ1n) is 7.12. The fourth-order valence-corrected chi connectivity index (χ4v) is 2.75. The fraction of sp³-hybridized carbons (Fsp3) is 0.692. The first kappa shape index (κ1) is 15.3. The van der Waals surface area contributed by atoms with E-state index in [9.17, 15) is 9.59 Å². The average molecular weight is 295 g/mol. The Morgan fingerprint density at radius 2 is 2.19 bits per heavy atom. The molecule has 0 saturated heterocycles. The van der Waals surface area contributed by atoms with Crippen molar-refractivity contribution in [2.24, 2.45) is 7.05 Å². The maximum atomic E-state index is 12.4. The van der Waals surface area contributed by atoms with E-state index < -0.39 is 5.97 Å². The van der Waals surface area contributed by atoms with Crippen molar-refractivity contribution in [1.82, 2.24) is 25.0 Å². The van der Waals surface area contributed by atoms with Gasteiger partial charge in [-0.1, -0.05) is 12.8 Å². The maximum Gasteiger partial charge on any atom is 0.323 e. The fourth-order valence-electron chi connectivity index (χ4n) is 2.75. The Bertz CT molecular complexity index is 510. The second kappa shape index (κ2) is 6.55. The molecular formula is C13H21N5O3. The molecule has 0 radical (unpaired) electrons. The number of carbonyl (C=O) groups is 2. The molecule has 2 N–H and O–H groups in total. The molecule has 116 valence electrons. The Kier molecular flexibility index (Phi) is 4.77. The minimum atomic E-state index is -0.997. The highest BCUT2D eigenvalue weighted by atomic mass is 16.4. The molecule has 8 nitrogen and oxygen atoms in total. The zero-order chi connectivity index (χ0) is 15.4. The summed E-state index contributed by atoms with van der Waals surface area (Å²) in [6.07, 6.45) is 5.35. The van der Waals surface area contributed by atoms with Crippen LogP contribution in [0.15, 0.2) is 6.33 Å². The highest BCUT2D eigenvalue weighted by molar-refractivity contribution is 5.80. The highest BCUT2D eigenvalue weighted by Gasteiger charge is 2.29. The van der Waals surface area contributed by atoms with E-state index in [1.165, 1.54) is 4.90 Å². The predicted molar refractivity (Wildman–Crippen MR) is 74.5 cm³/mol. The van der Waals surface area contributed by atoms with Crippen LogP contribution in [0, 0.1) is 0 Å². The monoisotopic (exact) mass is 295 g/mol. The lowest BCUT2D eigenvalue weighted by atomic mass is 10.2. The van der Waals surface area contributed by atoms with Gasteiger partial charge in [0, 0.05) is 13.1 Å². The molecule has 1 aromatic heterocycles. The van der Waals surface area contributed by atoms with Crippen LogP contribution in [0.25, 0.3) is 0 Å². The van der Waals surface area contributed by atoms with Crippen LogP contribution in [-0.2, 0) is 11.8 Å². The summed E-state index contributed by atoms with van der Waals surface area (Å²) in [6, 6.07) is -0.685. The van der Waals surface area contributed by atoms with Gasteiger partial charge in [-0.05, 0) is 19.8 Å². The number of hydrogen-bond donors (Lipinski definition) is 2. The Morgan fingerprint density at radius 3 is 2.71 bits per heavy atom. The van der Waals surface area contributed by atoms with Crippen LogP contribution in [0.5, 0.6) is 0 Å². The lowest BCUT2D eigenvalue weighted by molar-refractivity contribution is -0.138. The van der Waals surface area contributed by atoms with Crippen LogP contribution in [0.1, 0.15) is 44.5 Å². The average Bonchev–Trinajstić information content (AvgIpc) is 3.06. The molecule has 0 aromatic carbocycles. The summed E-state index contributed by atoms with van der Waals surface area (Å²) in [5.41, 5.74) is 0. The molecular weight excluding hydrogens is 274 g/mol. The summed E-state index contributed by atoms with van der Waals surface area (Å²) < 4.78 is 1.72. The lowest BCUT2D eigenvalue weighted by Gasteiger charge is -2.28. The van der Waals surface area contributed by atoms with Crippen LogP contribution in [0.2, 0.25) is 0 Å².